The first-order valence-corrected chi connectivity index (χ1v) is 11.3. The highest BCUT2D eigenvalue weighted by Gasteiger charge is 2.66. The predicted octanol–water partition coefficient (Wildman–Crippen LogP) is 4.73. The summed E-state index contributed by atoms with van der Waals surface area (Å²) in [5.41, 5.74) is 1.04. The number of thioether (sulfide) groups is 1. The number of benzene rings is 1. The molecule has 5 rings (SSSR count). The van der Waals surface area contributed by atoms with Gasteiger partial charge >= 0.3 is 0 Å². The van der Waals surface area contributed by atoms with Crippen LogP contribution >= 0.6 is 23.1 Å². The third-order valence-corrected chi connectivity index (χ3v) is 8.59. The summed E-state index contributed by atoms with van der Waals surface area (Å²) in [4.78, 5) is 15.5. The zero-order valence-electron chi connectivity index (χ0n) is 14.6. The zero-order valence-corrected chi connectivity index (χ0v) is 16.3. The Bertz CT molecular complexity index is 800. The number of nitrogens with one attached hydrogen (secondary N) is 1. The Morgan fingerprint density at radius 2 is 2.15 bits per heavy atom. The van der Waals surface area contributed by atoms with E-state index < -0.39 is 0 Å². The first kappa shape index (κ1) is 16.8. The van der Waals surface area contributed by atoms with E-state index in [-0.39, 0.29) is 11.3 Å². The van der Waals surface area contributed by atoms with Crippen molar-refractivity contribution in [1.29, 1.82) is 0 Å². The van der Waals surface area contributed by atoms with E-state index in [1.165, 1.54) is 24.1 Å². The van der Waals surface area contributed by atoms with Crippen molar-refractivity contribution in [3.63, 3.8) is 0 Å². The Balaban J connectivity index is 1.31. The zero-order chi connectivity index (χ0) is 17.6. The summed E-state index contributed by atoms with van der Waals surface area (Å²) in [6.45, 7) is 0.858. The summed E-state index contributed by atoms with van der Waals surface area (Å²) in [6, 6.07) is 12.5. The fourth-order valence-electron chi connectivity index (χ4n) is 5.00. The van der Waals surface area contributed by atoms with Gasteiger partial charge in [0, 0.05) is 39.5 Å². The van der Waals surface area contributed by atoms with Gasteiger partial charge in [-0.25, -0.2) is 0 Å². The molecule has 3 fully saturated rings. The van der Waals surface area contributed by atoms with E-state index in [1.54, 1.807) is 23.1 Å². The molecule has 1 saturated heterocycles. The molecule has 3 aliphatic rings. The lowest BCUT2D eigenvalue weighted by atomic mass is 9.46. The normalized spacial score (nSPS) is 28.2. The maximum absolute atomic E-state index is 13.1. The summed E-state index contributed by atoms with van der Waals surface area (Å²) < 4.78 is 5.98. The molecular weight excluding hydrogens is 362 g/mol. The van der Waals surface area contributed by atoms with Crippen molar-refractivity contribution in [2.24, 2.45) is 11.3 Å². The molecule has 1 amide bonds. The first-order chi connectivity index (χ1) is 12.8. The minimum Gasteiger partial charge on any atom is -0.377 e. The van der Waals surface area contributed by atoms with Crippen molar-refractivity contribution in [2.45, 2.75) is 48.5 Å². The Hall–Kier alpha value is -1.30. The van der Waals surface area contributed by atoms with Gasteiger partial charge in [0.1, 0.15) is 0 Å². The van der Waals surface area contributed by atoms with E-state index in [4.69, 9.17) is 4.74 Å². The minimum atomic E-state index is 0.0842. The summed E-state index contributed by atoms with van der Waals surface area (Å²) in [7, 11) is 0. The van der Waals surface area contributed by atoms with Crippen LogP contribution in [0.3, 0.4) is 0 Å². The van der Waals surface area contributed by atoms with Crippen molar-refractivity contribution in [3.8, 4) is 0 Å². The number of thiophene rings is 1. The third-order valence-electron chi connectivity index (χ3n) is 6.40. The number of carbonyl (C=O) groups excluding carboxylic acids is 1. The van der Waals surface area contributed by atoms with Crippen LogP contribution in [-0.2, 0) is 10.5 Å². The van der Waals surface area contributed by atoms with Gasteiger partial charge in [0.2, 0.25) is 0 Å². The molecule has 3 unspecified atom stereocenters. The molecule has 136 valence electrons. The van der Waals surface area contributed by atoms with Gasteiger partial charge in [-0.05, 0) is 42.8 Å². The van der Waals surface area contributed by atoms with E-state index >= 15 is 0 Å². The Morgan fingerprint density at radius 3 is 2.92 bits per heavy atom. The standard InChI is InChI=1S/C21H23NO2S2/c23-20(22-18-16-8-11-24-19(16)21(18)9-4-10-21)15-6-1-2-7-17(15)26-13-14-5-3-12-25-14/h1-3,5-7,12,16,18-19H,4,8-11,13H2,(H,22,23). The van der Waals surface area contributed by atoms with E-state index in [0.717, 1.165) is 29.2 Å². The molecule has 2 aliphatic carbocycles. The monoisotopic (exact) mass is 385 g/mol. The van der Waals surface area contributed by atoms with Gasteiger partial charge in [0.05, 0.1) is 11.7 Å². The molecule has 3 atom stereocenters. The minimum absolute atomic E-state index is 0.0842. The lowest BCUT2D eigenvalue weighted by Gasteiger charge is -2.63. The molecule has 2 heterocycles. The van der Waals surface area contributed by atoms with Crippen LogP contribution in [0.25, 0.3) is 0 Å². The van der Waals surface area contributed by atoms with Crippen LogP contribution < -0.4 is 5.32 Å². The van der Waals surface area contributed by atoms with Crippen molar-refractivity contribution >= 4 is 29.0 Å². The molecule has 2 saturated carbocycles. The quantitative estimate of drug-likeness (QED) is 0.757. The number of ether oxygens (including phenoxy) is 1. The van der Waals surface area contributed by atoms with Gasteiger partial charge in [0.25, 0.3) is 5.91 Å². The molecule has 1 aromatic heterocycles. The van der Waals surface area contributed by atoms with Crippen LogP contribution in [0.15, 0.2) is 46.7 Å². The number of fused-ring (bicyclic) bond motifs is 2. The Morgan fingerprint density at radius 1 is 1.27 bits per heavy atom. The number of carbonyl (C=O) groups is 1. The third kappa shape index (κ3) is 2.63. The second-order valence-electron chi connectivity index (χ2n) is 7.65. The molecule has 3 nitrogen and oxygen atoms in total. The number of hydrogen-bond acceptors (Lipinski definition) is 4. The van der Waals surface area contributed by atoms with Crippen LogP contribution in [0.5, 0.6) is 0 Å². The largest absolute Gasteiger partial charge is 0.377 e. The van der Waals surface area contributed by atoms with Crippen LogP contribution in [0, 0.1) is 11.3 Å². The second kappa shape index (κ2) is 6.70. The van der Waals surface area contributed by atoms with Gasteiger partial charge in [-0.3, -0.25) is 4.79 Å². The van der Waals surface area contributed by atoms with Crippen molar-refractivity contribution in [2.75, 3.05) is 6.61 Å². The summed E-state index contributed by atoms with van der Waals surface area (Å²) >= 11 is 3.52. The lowest BCUT2D eigenvalue weighted by Crippen LogP contribution is -2.71. The van der Waals surface area contributed by atoms with Crippen molar-refractivity contribution < 1.29 is 9.53 Å². The first-order valence-electron chi connectivity index (χ1n) is 9.45. The number of rotatable bonds is 5. The van der Waals surface area contributed by atoms with E-state index in [9.17, 15) is 4.79 Å². The Kier molecular flexibility index (Phi) is 4.34. The molecule has 26 heavy (non-hydrogen) atoms. The SMILES string of the molecule is O=C(NC1C2CCOC2C12CCC2)c1ccccc1SCc1cccs1. The van der Waals surface area contributed by atoms with Gasteiger partial charge in [-0.2, -0.15) is 0 Å². The summed E-state index contributed by atoms with van der Waals surface area (Å²) in [6.07, 6.45) is 5.16. The smallest absolute Gasteiger partial charge is 0.252 e. The molecule has 0 bridgehead atoms. The highest BCUT2D eigenvalue weighted by molar-refractivity contribution is 7.98. The molecule has 1 N–H and O–H groups in total. The average Bonchev–Trinajstić information content (AvgIpc) is 3.27. The van der Waals surface area contributed by atoms with E-state index in [0.29, 0.717) is 18.1 Å². The second-order valence-corrected chi connectivity index (χ2v) is 9.70. The van der Waals surface area contributed by atoms with Crippen molar-refractivity contribution in [3.05, 3.63) is 52.2 Å². The highest BCUT2D eigenvalue weighted by Crippen LogP contribution is 2.62. The maximum Gasteiger partial charge on any atom is 0.252 e. The van der Waals surface area contributed by atoms with Gasteiger partial charge < -0.3 is 10.1 Å². The summed E-state index contributed by atoms with van der Waals surface area (Å²) in [5, 5.41) is 5.50. The molecule has 2 aromatic rings. The topological polar surface area (TPSA) is 38.3 Å². The van der Waals surface area contributed by atoms with Crippen molar-refractivity contribution in [1.82, 2.24) is 5.32 Å². The Labute approximate surface area is 162 Å². The fourth-order valence-corrected chi connectivity index (χ4v) is 6.82. The summed E-state index contributed by atoms with van der Waals surface area (Å²) in [5.74, 6) is 1.51. The van der Waals surface area contributed by atoms with E-state index in [1.807, 2.05) is 18.2 Å². The molecule has 1 aromatic carbocycles. The van der Waals surface area contributed by atoms with Gasteiger partial charge in [0.15, 0.2) is 0 Å². The maximum atomic E-state index is 13.1. The molecule has 1 aliphatic heterocycles. The van der Waals surface area contributed by atoms with Crippen LogP contribution in [0.1, 0.15) is 40.9 Å². The number of hydrogen-bond donors (Lipinski definition) is 1. The van der Waals surface area contributed by atoms with Crippen LogP contribution in [-0.4, -0.2) is 24.7 Å². The van der Waals surface area contributed by atoms with Crippen LogP contribution in [0.4, 0.5) is 0 Å². The van der Waals surface area contributed by atoms with Crippen LogP contribution in [0.2, 0.25) is 0 Å². The molecule has 1 spiro atoms. The van der Waals surface area contributed by atoms with Gasteiger partial charge in [-0.1, -0.05) is 24.6 Å². The molecule has 0 radical (unpaired) electrons. The molecular formula is C21H23NO2S2. The number of amides is 1. The van der Waals surface area contributed by atoms with E-state index in [2.05, 4.69) is 28.9 Å². The highest BCUT2D eigenvalue weighted by atomic mass is 32.2. The predicted molar refractivity (Wildman–Crippen MR) is 106 cm³/mol. The fraction of sp³-hybridized carbons (Fsp3) is 0.476. The van der Waals surface area contributed by atoms with Gasteiger partial charge in [-0.15, -0.1) is 23.1 Å². The molecule has 5 heteroatoms. The lowest BCUT2D eigenvalue weighted by molar-refractivity contribution is -0.172. The average molecular weight is 386 g/mol.